The molecule has 1 aromatic heterocycles. The minimum absolute atomic E-state index is 0.288. The van der Waals surface area contributed by atoms with E-state index in [1.54, 1.807) is 12.0 Å². The van der Waals surface area contributed by atoms with Crippen molar-refractivity contribution >= 4 is 16.6 Å². The zero-order valence-corrected chi connectivity index (χ0v) is 15.9. The van der Waals surface area contributed by atoms with Gasteiger partial charge in [0.1, 0.15) is 25.2 Å². The molecule has 2 aliphatic rings. The molecule has 2 heterocycles. The molecule has 4 rings (SSSR count). The van der Waals surface area contributed by atoms with Gasteiger partial charge in [-0.1, -0.05) is 12.2 Å². The minimum Gasteiger partial charge on any atom is -0.497 e. The molecule has 6 heteroatoms. The molecule has 1 saturated carbocycles. The van der Waals surface area contributed by atoms with Crippen LogP contribution in [0.1, 0.15) is 36.6 Å². The summed E-state index contributed by atoms with van der Waals surface area (Å²) in [6.07, 6.45) is 8.85. The highest BCUT2D eigenvalue weighted by atomic mass is 19.1. The molecule has 4 nitrogen and oxygen atoms in total. The number of aromatic nitrogens is 1. The van der Waals surface area contributed by atoms with E-state index in [0.29, 0.717) is 23.6 Å². The number of methoxy groups -OCH3 is 1. The molecule has 0 unspecified atom stereocenters. The van der Waals surface area contributed by atoms with E-state index in [1.807, 2.05) is 36.4 Å². The van der Waals surface area contributed by atoms with Gasteiger partial charge in [-0.2, -0.15) is 5.26 Å². The minimum atomic E-state index is -0.856. The van der Waals surface area contributed by atoms with Crippen molar-refractivity contribution < 1.29 is 13.5 Å². The molecule has 0 atom stereocenters. The molecular formula is C22H23F2N3O. The largest absolute Gasteiger partial charge is 0.497 e. The number of rotatable bonds is 6. The maximum absolute atomic E-state index is 13.5. The highest BCUT2D eigenvalue weighted by Crippen LogP contribution is 2.43. The molecule has 0 bridgehead atoms. The Balaban J connectivity index is 1.98. The molecule has 0 saturated heterocycles. The first-order valence-electron chi connectivity index (χ1n) is 9.61. The molecule has 1 aliphatic carbocycles. The third kappa shape index (κ3) is 2.86. The Morgan fingerprint density at radius 3 is 2.68 bits per heavy atom. The summed E-state index contributed by atoms with van der Waals surface area (Å²) in [5.41, 5.74) is 2.96. The number of hydrogen-bond acceptors (Lipinski definition) is 3. The first-order valence-corrected chi connectivity index (χ1v) is 9.61. The fourth-order valence-electron chi connectivity index (χ4n) is 4.11. The van der Waals surface area contributed by atoms with E-state index in [2.05, 4.69) is 10.6 Å². The Labute approximate surface area is 163 Å². The highest BCUT2D eigenvalue weighted by Gasteiger charge is 2.32. The fraction of sp³-hybridized carbons (Fsp3) is 0.409. The Hall–Kier alpha value is -2.81. The van der Waals surface area contributed by atoms with Crippen molar-refractivity contribution in [1.29, 1.82) is 5.26 Å². The van der Waals surface area contributed by atoms with Gasteiger partial charge in [-0.05, 0) is 43.5 Å². The van der Waals surface area contributed by atoms with Crippen molar-refractivity contribution in [2.45, 2.75) is 31.3 Å². The third-order valence-electron chi connectivity index (χ3n) is 5.80. The van der Waals surface area contributed by atoms with Gasteiger partial charge in [-0.3, -0.25) is 0 Å². The summed E-state index contributed by atoms with van der Waals surface area (Å²) in [7, 11) is 1.60. The molecule has 2 aromatic rings. The van der Waals surface area contributed by atoms with E-state index in [9.17, 15) is 14.0 Å². The van der Waals surface area contributed by atoms with E-state index in [-0.39, 0.29) is 6.04 Å². The predicted molar refractivity (Wildman–Crippen MR) is 106 cm³/mol. The van der Waals surface area contributed by atoms with Crippen LogP contribution in [0.2, 0.25) is 0 Å². The van der Waals surface area contributed by atoms with E-state index >= 15 is 0 Å². The second-order valence-electron chi connectivity index (χ2n) is 7.27. The second kappa shape index (κ2) is 7.67. The number of ether oxygens (including phenoxy) is 1. The number of halogens is 2. The molecule has 0 radical (unpaired) electrons. The summed E-state index contributed by atoms with van der Waals surface area (Å²) >= 11 is 0. The van der Waals surface area contributed by atoms with Crippen molar-refractivity contribution in [3.63, 3.8) is 0 Å². The number of benzene rings is 1. The number of nitriles is 1. The zero-order chi connectivity index (χ0) is 19.7. The molecule has 0 spiro atoms. The van der Waals surface area contributed by atoms with Gasteiger partial charge in [0.05, 0.1) is 35.6 Å². The van der Waals surface area contributed by atoms with Gasteiger partial charge < -0.3 is 14.2 Å². The lowest BCUT2D eigenvalue weighted by Gasteiger charge is -2.36. The van der Waals surface area contributed by atoms with Crippen LogP contribution in [0.25, 0.3) is 16.6 Å². The lowest BCUT2D eigenvalue weighted by molar-refractivity contribution is 0.210. The molecule has 146 valence electrons. The Morgan fingerprint density at radius 1 is 1.29 bits per heavy atom. The van der Waals surface area contributed by atoms with Crippen molar-refractivity contribution in [2.75, 3.05) is 27.0 Å². The number of alkyl halides is 2. The lowest BCUT2D eigenvalue weighted by atomic mass is 9.92. The lowest BCUT2D eigenvalue weighted by Crippen LogP contribution is -2.39. The monoisotopic (exact) mass is 383 g/mol. The SMILES string of the molecule is COc1ccc2c(c1)c(C#N)c(C1=CC=CCN1C(CF)CF)n2C1CCC1. The van der Waals surface area contributed by atoms with E-state index in [1.165, 1.54) is 0 Å². The van der Waals surface area contributed by atoms with Gasteiger partial charge in [0, 0.05) is 18.0 Å². The van der Waals surface area contributed by atoms with Gasteiger partial charge in [0.25, 0.3) is 0 Å². The van der Waals surface area contributed by atoms with Crippen molar-refractivity contribution in [1.82, 2.24) is 9.47 Å². The van der Waals surface area contributed by atoms with Crippen molar-refractivity contribution in [3.8, 4) is 11.8 Å². The van der Waals surface area contributed by atoms with Crippen LogP contribution in [0.15, 0.2) is 36.4 Å². The summed E-state index contributed by atoms with van der Waals surface area (Å²) in [6, 6.07) is 7.52. The summed E-state index contributed by atoms with van der Waals surface area (Å²) in [5, 5.41) is 10.8. The van der Waals surface area contributed by atoms with Crippen molar-refractivity contribution in [2.24, 2.45) is 0 Å². The highest BCUT2D eigenvalue weighted by molar-refractivity contribution is 5.94. The predicted octanol–water partition coefficient (Wildman–Crippen LogP) is 4.77. The fourth-order valence-corrected chi connectivity index (χ4v) is 4.11. The van der Waals surface area contributed by atoms with Crippen LogP contribution >= 0.6 is 0 Å². The van der Waals surface area contributed by atoms with Gasteiger partial charge >= 0.3 is 0 Å². The molecule has 1 aromatic carbocycles. The van der Waals surface area contributed by atoms with Gasteiger partial charge in [-0.15, -0.1) is 0 Å². The van der Waals surface area contributed by atoms with Crippen molar-refractivity contribution in [3.05, 3.63) is 47.7 Å². The standard InChI is InChI=1S/C22H23F2N3O/c1-28-17-8-9-20-18(11-17)19(14-25)22(27(20)15-5-4-6-15)21-7-2-3-10-26(21)16(12-23)13-24/h2-3,7-9,11,15-16H,4-6,10,12-13H2,1H3. The van der Waals surface area contributed by atoms with Crippen LogP contribution in [0.3, 0.4) is 0 Å². The van der Waals surface area contributed by atoms with Crippen LogP contribution < -0.4 is 4.74 Å². The normalized spacial score (nSPS) is 17.0. The Kier molecular flexibility index (Phi) is 5.08. The van der Waals surface area contributed by atoms with Gasteiger partial charge in [0.15, 0.2) is 0 Å². The second-order valence-corrected chi connectivity index (χ2v) is 7.27. The summed E-state index contributed by atoms with van der Waals surface area (Å²) < 4.78 is 34.6. The molecule has 1 fully saturated rings. The summed E-state index contributed by atoms with van der Waals surface area (Å²) in [5.74, 6) is 0.682. The molecular weight excluding hydrogens is 360 g/mol. The number of fused-ring (bicyclic) bond motifs is 1. The van der Waals surface area contributed by atoms with Crippen LogP contribution in [0, 0.1) is 11.3 Å². The average molecular weight is 383 g/mol. The molecule has 0 amide bonds. The third-order valence-corrected chi connectivity index (χ3v) is 5.80. The quantitative estimate of drug-likeness (QED) is 0.722. The maximum atomic E-state index is 13.5. The Bertz CT molecular complexity index is 978. The molecule has 1 aliphatic heterocycles. The Morgan fingerprint density at radius 2 is 2.07 bits per heavy atom. The number of nitrogens with zero attached hydrogens (tertiary/aromatic N) is 3. The van der Waals surface area contributed by atoms with Crippen LogP contribution in [0.5, 0.6) is 5.75 Å². The number of allylic oxidation sites excluding steroid dienone is 2. The van der Waals surface area contributed by atoms with E-state index in [0.717, 1.165) is 35.9 Å². The maximum Gasteiger partial charge on any atom is 0.119 e. The zero-order valence-electron chi connectivity index (χ0n) is 15.9. The summed E-state index contributed by atoms with van der Waals surface area (Å²) in [4.78, 5) is 1.74. The molecule has 28 heavy (non-hydrogen) atoms. The van der Waals surface area contributed by atoms with Crippen LogP contribution in [-0.4, -0.2) is 42.5 Å². The molecule has 0 N–H and O–H groups in total. The number of hydrogen-bond donors (Lipinski definition) is 0. The smallest absolute Gasteiger partial charge is 0.119 e. The van der Waals surface area contributed by atoms with E-state index < -0.39 is 19.4 Å². The topological polar surface area (TPSA) is 41.2 Å². The van der Waals surface area contributed by atoms with E-state index in [4.69, 9.17) is 4.74 Å². The van der Waals surface area contributed by atoms with Crippen LogP contribution in [-0.2, 0) is 0 Å². The van der Waals surface area contributed by atoms with Gasteiger partial charge in [0.2, 0.25) is 0 Å². The van der Waals surface area contributed by atoms with Crippen LogP contribution in [0.4, 0.5) is 8.78 Å². The summed E-state index contributed by atoms with van der Waals surface area (Å²) in [6.45, 7) is -1.13. The van der Waals surface area contributed by atoms with Gasteiger partial charge in [-0.25, -0.2) is 8.78 Å². The first-order chi connectivity index (χ1) is 13.7. The first kappa shape index (κ1) is 18.5. The average Bonchev–Trinajstić information content (AvgIpc) is 3.01.